The minimum Gasteiger partial charge on any atom is -0.490 e. The van der Waals surface area contributed by atoms with Gasteiger partial charge in [-0.05, 0) is 37.8 Å². The van der Waals surface area contributed by atoms with Crippen molar-refractivity contribution in [1.29, 1.82) is 0 Å². The third kappa shape index (κ3) is 4.71. The summed E-state index contributed by atoms with van der Waals surface area (Å²) in [6.45, 7) is 3.58. The Morgan fingerprint density at radius 3 is 2.62 bits per heavy atom. The first kappa shape index (κ1) is 19.7. The summed E-state index contributed by atoms with van der Waals surface area (Å²) in [5.74, 6) is -0.723. The molecule has 8 heteroatoms. The number of rotatable bonds is 6. The molecule has 1 aliphatic rings. The Morgan fingerprint density at radius 1 is 1.31 bits per heavy atom. The highest BCUT2D eigenvalue weighted by Crippen LogP contribution is 2.28. The zero-order valence-electron chi connectivity index (χ0n) is 15.2. The van der Waals surface area contributed by atoms with Crippen LogP contribution in [0.25, 0.3) is 0 Å². The molecule has 1 fully saturated rings. The number of esters is 1. The minimum absolute atomic E-state index is 0.0109. The zero-order chi connectivity index (χ0) is 19.3. The molecule has 0 saturated heterocycles. The number of nitro benzene ring substituents is 1. The van der Waals surface area contributed by atoms with Crippen molar-refractivity contribution in [1.82, 2.24) is 5.32 Å². The average Bonchev–Trinajstić information content (AvgIpc) is 2.62. The van der Waals surface area contributed by atoms with Gasteiger partial charge in [-0.2, -0.15) is 0 Å². The topological polar surface area (TPSA) is 108 Å². The van der Waals surface area contributed by atoms with E-state index in [2.05, 4.69) is 12.2 Å². The van der Waals surface area contributed by atoms with Gasteiger partial charge < -0.3 is 14.8 Å². The Balaban J connectivity index is 2.01. The van der Waals surface area contributed by atoms with E-state index in [1.165, 1.54) is 26.2 Å². The summed E-state index contributed by atoms with van der Waals surface area (Å²) >= 11 is 0. The van der Waals surface area contributed by atoms with Crippen LogP contribution in [-0.4, -0.2) is 36.1 Å². The number of methoxy groups -OCH3 is 1. The SMILES string of the molecule is COc1ccc(C(=O)O[C@H](C)C(=O)N[C@H]2CCCC[C@H]2C)cc1[N+](=O)[O-]. The first-order valence-corrected chi connectivity index (χ1v) is 8.67. The van der Waals surface area contributed by atoms with Crippen LogP contribution in [0.5, 0.6) is 5.75 Å². The number of nitrogens with zero attached hydrogens (tertiary/aromatic N) is 1. The fourth-order valence-corrected chi connectivity index (χ4v) is 3.07. The van der Waals surface area contributed by atoms with Gasteiger partial charge in [0.25, 0.3) is 5.91 Å². The van der Waals surface area contributed by atoms with Crippen LogP contribution in [0.4, 0.5) is 5.69 Å². The van der Waals surface area contributed by atoms with Crippen molar-refractivity contribution in [3.63, 3.8) is 0 Å². The van der Waals surface area contributed by atoms with Gasteiger partial charge in [0, 0.05) is 12.1 Å². The molecule has 0 heterocycles. The van der Waals surface area contributed by atoms with Crippen LogP contribution in [0.3, 0.4) is 0 Å². The van der Waals surface area contributed by atoms with Crippen LogP contribution in [0, 0.1) is 16.0 Å². The summed E-state index contributed by atoms with van der Waals surface area (Å²) in [5.41, 5.74) is -0.349. The van der Waals surface area contributed by atoms with E-state index >= 15 is 0 Å². The number of nitro groups is 1. The summed E-state index contributed by atoms with van der Waals surface area (Å²) in [4.78, 5) is 34.9. The van der Waals surface area contributed by atoms with Gasteiger partial charge in [0.15, 0.2) is 11.9 Å². The van der Waals surface area contributed by atoms with Crippen molar-refractivity contribution in [2.45, 2.75) is 51.7 Å². The van der Waals surface area contributed by atoms with Crippen LogP contribution < -0.4 is 10.1 Å². The fourth-order valence-electron chi connectivity index (χ4n) is 3.07. The standard InChI is InChI=1S/C18H24N2O6/c1-11-6-4-5-7-14(11)19-17(21)12(2)26-18(22)13-8-9-16(25-3)15(10-13)20(23)24/h8-12,14H,4-7H2,1-3H3,(H,19,21)/t11-,12-,14+/m1/s1. The highest BCUT2D eigenvalue weighted by Gasteiger charge is 2.27. The molecule has 1 aromatic carbocycles. The van der Waals surface area contributed by atoms with E-state index in [9.17, 15) is 19.7 Å². The highest BCUT2D eigenvalue weighted by molar-refractivity contribution is 5.93. The molecule has 0 aliphatic heterocycles. The Labute approximate surface area is 152 Å². The van der Waals surface area contributed by atoms with Crippen molar-refractivity contribution in [3.05, 3.63) is 33.9 Å². The van der Waals surface area contributed by atoms with Crippen LogP contribution in [0.1, 0.15) is 49.9 Å². The quantitative estimate of drug-likeness (QED) is 0.472. The maximum absolute atomic E-state index is 12.3. The van der Waals surface area contributed by atoms with Crippen molar-refractivity contribution in [2.75, 3.05) is 7.11 Å². The minimum atomic E-state index is -0.988. The largest absolute Gasteiger partial charge is 0.490 e. The number of carbonyl (C=O) groups is 2. The van der Waals surface area contributed by atoms with Gasteiger partial charge >= 0.3 is 11.7 Å². The maximum atomic E-state index is 12.3. The second-order valence-electron chi connectivity index (χ2n) is 6.57. The molecule has 0 bridgehead atoms. The molecule has 3 atom stereocenters. The lowest BCUT2D eigenvalue weighted by Gasteiger charge is -2.30. The number of nitrogens with one attached hydrogen (secondary N) is 1. The molecular weight excluding hydrogens is 340 g/mol. The molecular formula is C18H24N2O6. The Bertz CT molecular complexity index is 690. The number of carbonyl (C=O) groups excluding carboxylic acids is 2. The summed E-state index contributed by atoms with van der Waals surface area (Å²) in [7, 11) is 1.30. The maximum Gasteiger partial charge on any atom is 0.339 e. The molecule has 8 nitrogen and oxygen atoms in total. The van der Waals surface area contributed by atoms with Crippen LogP contribution in [0.2, 0.25) is 0 Å². The third-order valence-electron chi connectivity index (χ3n) is 4.70. The number of hydrogen-bond donors (Lipinski definition) is 1. The second-order valence-corrected chi connectivity index (χ2v) is 6.57. The van der Waals surface area contributed by atoms with Gasteiger partial charge in [0.05, 0.1) is 17.6 Å². The molecule has 26 heavy (non-hydrogen) atoms. The Kier molecular flexibility index (Phi) is 6.54. The number of hydrogen-bond acceptors (Lipinski definition) is 6. The summed E-state index contributed by atoms with van der Waals surface area (Å²) in [6.07, 6.45) is 3.22. The molecule has 1 aliphatic carbocycles. The molecule has 142 valence electrons. The second kappa shape index (κ2) is 8.64. The van der Waals surface area contributed by atoms with Gasteiger partial charge in [-0.1, -0.05) is 19.8 Å². The van der Waals surface area contributed by atoms with E-state index in [0.717, 1.165) is 31.7 Å². The van der Waals surface area contributed by atoms with Crippen molar-refractivity contribution >= 4 is 17.6 Å². The Morgan fingerprint density at radius 2 is 2.00 bits per heavy atom. The predicted molar refractivity (Wildman–Crippen MR) is 94.1 cm³/mol. The van der Waals surface area contributed by atoms with E-state index < -0.39 is 17.0 Å². The molecule has 1 N–H and O–H groups in total. The zero-order valence-corrected chi connectivity index (χ0v) is 15.2. The van der Waals surface area contributed by atoms with E-state index in [-0.39, 0.29) is 28.9 Å². The average molecular weight is 364 g/mol. The number of benzene rings is 1. The van der Waals surface area contributed by atoms with Crippen molar-refractivity contribution in [3.8, 4) is 5.75 Å². The van der Waals surface area contributed by atoms with Crippen molar-refractivity contribution in [2.24, 2.45) is 5.92 Å². The van der Waals surface area contributed by atoms with E-state index in [4.69, 9.17) is 9.47 Å². The summed E-state index contributed by atoms with van der Waals surface area (Å²) in [6, 6.07) is 3.85. The van der Waals surface area contributed by atoms with E-state index in [0.29, 0.717) is 5.92 Å². The number of ether oxygens (including phenoxy) is 2. The summed E-state index contributed by atoms with van der Waals surface area (Å²) in [5, 5.41) is 14.0. The predicted octanol–water partition coefficient (Wildman–Crippen LogP) is 2.84. The molecule has 1 aromatic rings. The van der Waals surface area contributed by atoms with Gasteiger partial charge in [-0.3, -0.25) is 14.9 Å². The van der Waals surface area contributed by atoms with Crippen molar-refractivity contribution < 1.29 is 24.0 Å². The highest BCUT2D eigenvalue weighted by atomic mass is 16.6. The molecule has 2 rings (SSSR count). The summed E-state index contributed by atoms with van der Waals surface area (Å²) < 4.78 is 10.1. The fraction of sp³-hybridized carbons (Fsp3) is 0.556. The lowest BCUT2D eigenvalue weighted by molar-refractivity contribution is -0.385. The molecule has 1 amide bonds. The smallest absolute Gasteiger partial charge is 0.339 e. The third-order valence-corrected chi connectivity index (χ3v) is 4.70. The Hall–Kier alpha value is -2.64. The lowest BCUT2D eigenvalue weighted by Crippen LogP contribution is -2.45. The van der Waals surface area contributed by atoms with Gasteiger partial charge in [0.1, 0.15) is 0 Å². The van der Waals surface area contributed by atoms with Crippen LogP contribution in [-0.2, 0) is 9.53 Å². The molecule has 1 saturated carbocycles. The normalized spacial score (nSPS) is 20.7. The van der Waals surface area contributed by atoms with Gasteiger partial charge in [0.2, 0.25) is 0 Å². The van der Waals surface area contributed by atoms with Gasteiger partial charge in [-0.25, -0.2) is 4.79 Å². The lowest BCUT2D eigenvalue weighted by atomic mass is 9.86. The monoisotopic (exact) mass is 364 g/mol. The molecule has 0 unspecified atom stereocenters. The van der Waals surface area contributed by atoms with Gasteiger partial charge in [-0.15, -0.1) is 0 Å². The molecule has 0 aromatic heterocycles. The first-order valence-electron chi connectivity index (χ1n) is 8.67. The number of amides is 1. The van der Waals surface area contributed by atoms with Crippen LogP contribution in [0.15, 0.2) is 18.2 Å². The first-order chi connectivity index (χ1) is 12.3. The molecule has 0 spiro atoms. The van der Waals surface area contributed by atoms with E-state index in [1.807, 2.05) is 0 Å². The van der Waals surface area contributed by atoms with E-state index in [1.54, 1.807) is 0 Å². The van der Waals surface area contributed by atoms with Crippen LogP contribution >= 0.6 is 0 Å². The molecule has 0 radical (unpaired) electrons.